The maximum Gasteiger partial charge on any atom is 0.200 e. The van der Waals surface area contributed by atoms with Gasteiger partial charge in [0.2, 0.25) is 5.43 Å². The van der Waals surface area contributed by atoms with Crippen LogP contribution in [-0.4, -0.2) is 28.5 Å². The monoisotopic (exact) mass is 339 g/mol. The molecule has 25 heavy (non-hydrogen) atoms. The largest absolute Gasteiger partial charge is 0.496 e. The number of ether oxygens (including phenoxy) is 2. The van der Waals surface area contributed by atoms with E-state index in [1.165, 1.54) is 0 Å². The van der Waals surface area contributed by atoms with Gasteiger partial charge in [-0.3, -0.25) is 4.79 Å². The molecule has 0 spiro atoms. The van der Waals surface area contributed by atoms with Gasteiger partial charge in [-0.25, -0.2) is 0 Å². The van der Waals surface area contributed by atoms with Crippen LogP contribution in [0.4, 0.5) is 0 Å². The van der Waals surface area contributed by atoms with Crippen molar-refractivity contribution in [2.24, 2.45) is 7.05 Å². The molecule has 0 amide bonds. The lowest BCUT2D eigenvalue weighted by atomic mass is 9.89. The summed E-state index contributed by atoms with van der Waals surface area (Å²) in [5.41, 5.74) is 1.68. The first-order valence-electron chi connectivity index (χ1n) is 8.33. The summed E-state index contributed by atoms with van der Waals surface area (Å²) < 4.78 is 13.5. The molecule has 5 heteroatoms. The number of hydrogen-bond donors (Lipinski definition) is 1. The molecule has 1 aliphatic rings. The van der Waals surface area contributed by atoms with Crippen molar-refractivity contribution in [2.45, 2.75) is 32.0 Å². The van der Waals surface area contributed by atoms with E-state index in [0.29, 0.717) is 28.7 Å². The van der Waals surface area contributed by atoms with Gasteiger partial charge >= 0.3 is 0 Å². The van der Waals surface area contributed by atoms with Gasteiger partial charge in [0.25, 0.3) is 0 Å². The Morgan fingerprint density at radius 3 is 2.76 bits per heavy atom. The van der Waals surface area contributed by atoms with Gasteiger partial charge in [-0.1, -0.05) is 12.1 Å². The summed E-state index contributed by atoms with van der Waals surface area (Å²) in [7, 11) is 3.48. The molecule has 0 saturated heterocycles. The highest BCUT2D eigenvalue weighted by atomic mass is 16.5. The summed E-state index contributed by atoms with van der Waals surface area (Å²) >= 11 is 0. The minimum absolute atomic E-state index is 0.0670. The summed E-state index contributed by atoms with van der Waals surface area (Å²) in [6, 6.07) is 9.28. The minimum atomic E-state index is -0.693. The highest BCUT2D eigenvalue weighted by Crippen LogP contribution is 2.41. The number of aryl methyl sites for hydroxylation is 1. The van der Waals surface area contributed by atoms with Crippen molar-refractivity contribution in [3.8, 4) is 11.5 Å². The lowest BCUT2D eigenvalue weighted by Crippen LogP contribution is -2.46. The van der Waals surface area contributed by atoms with E-state index in [-0.39, 0.29) is 5.43 Å². The number of hydrogen-bond acceptors (Lipinski definition) is 4. The third-order valence-corrected chi connectivity index (χ3v) is 5.19. The highest BCUT2D eigenvalue weighted by molar-refractivity contribution is 5.99. The Morgan fingerprint density at radius 2 is 2.04 bits per heavy atom. The average molecular weight is 339 g/mol. The highest BCUT2D eigenvalue weighted by Gasteiger charge is 2.37. The number of aromatic nitrogens is 1. The molecule has 0 aliphatic carbocycles. The van der Waals surface area contributed by atoms with Gasteiger partial charge in [0.15, 0.2) is 0 Å². The van der Waals surface area contributed by atoms with Crippen LogP contribution in [0.2, 0.25) is 0 Å². The van der Waals surface area contributed by atoms with Crippen LogP contribution in [0, 0.1) is 0 Å². The quantitative estimate of drug-likeness (QED) is 0.693. The van der Waals surface area contributed by atoms with Crippen molar-refractivity contribution < 1.29 is 14.6 Å². The standard InChI is InChI=1S/C20H21NO4/c1-20(2)16(22)9-12-14(25-20)10-15(24-4)17-18(12)21(3)13-8-6-5-7-11(13)19(17)23/h5-8,10,16,22H,9H2,1-4H3/t16-/m1/s1. The van der Waals surface area contributed by atoms with Gasteiger partial charge in [0.1, 0.15) is 17.1 Å². The molecule has 1 N–H and O–H groups in total. The van der Waals surface area contributed by atoms with Crippen LogP contribution in [0.15, 0.2) is 35.1 Å². The molecule has 0 unspecified atom stereocenters. The Hall–Kier alpha value is -2.53. The first-order chi connectivity index (χ1) is 11.8. The van der Waals surface area contributed by atoms with Crippen LogP contribution in [0.3, 0.4) is 0 Å². The zero-order valence-electron chi connectivity index (χ0n) is 14.8. The average Bonchev–Trinajstić information content (AvgIpc) is 2.59. The number of pyridine rings is 1. The predicted molar refractivity (Wildman–Crippen MR) is 97.7 cm³/mol. The van der Waals surface area contributed by atoms with Crippen molar-refractivity contribution >= 4 is 21.8 Å². The topological polar surface area (TPSA) is 60.7 Å². The SMILES string of the molecule is COc1cc2c(c3c1c(=O)c1ccccc1n3C)C[C@@H](O)C(C)(C)O2. The first-order valence-corrected chi connectivity index (χ1v) is 8.33. The number of fused-ring (bicyclic) bond motifs is 4. The summed E-state index contributed by atoms with van der Waals surface area (Å²) in [4.78, 5) is 13.1. The Morgan fingerprint density at radius 1 is 1.32 bits per heavy atom. The van der Waals surface area contributed by atoms with Gasteiger partial charge in [0.05, 0.1) is 29.6 Å². The fourth-order valence-electron chi connectivity index (χ4n) is 3.71. The van der Waals surface area contributed by atoms with E-state index in [0.717, 1.165) is 16.6 Å². The second-order valence-electron chi connectivity index (χ2n) is 7.11. The van der Waals surface area contributed by atoms with Gasteiger partial charge in [-0.15, -0.1) is 0 Å². The molecule has 0 saturated carbocycles. The van der Waals surface area contributed by atoms with E-state index < -0.39 is 11.7 Å². The second kappa shape index (κ2) is 5.23. The number of aliphatic hydroxyl groups is 1. The molecule has 130 valence electrons. The van der Waals surface area contributed by atoms with Crippen molar-refractivity contribution in [2.75, 3.05) is 7.11 Å². The molecule has 0 fully saturated rings. The van der Waals surface area contributed by atoms with Gasteiger partial charge in [0, 0.05) is 30.5 Å². The third kappa shape index (κ3) is 2.15. The molecule has 2 heterocycles. The van der Waals surface area contributed by atoms with Gasteiger partial charge < -0.3 is 19.1 Å². The van der Waals surface area contributed by atoms with E-state index in [4.69, 9.17) is 9.47 Å². The smallest absolute Gasteiger partial charge is 0.200 e. The summed E-state index contributed by atoms with van der Waals surface area (Å²) in [5, 5.41) is 11.7. The lowest BCUT2D eigenvalue weighted by molar-refractivity contribution is -0.0408. The van der Waals surface area contributed by atoms with Crippen molar-refractivity contribution in [1.29, 1.82) is 0 Å². The maximum absolute atomic E-state index is 13.1. The third-order valence-electron chi connectivity index (χ3n) is 5.19. The Kier molecular flexibility index (Phi) is 3.34. The molecule has 0 bridgehead atoms. The first kappa shape index (κ1) is 16.0. The molecule has 1 atom stereocenters. The van der Waals surface area contributed by atoms with Crippen LogP contribution in [0.5, 0.6) is 11.5 Å². The number of benzene rings is 2. The van der Waals surface area contributed by atoms with E-state index in [1.54, 1.807) is 13.2 Å². The van der Waals surface area contributed by atoms with Gasteiger partial charge in [-0.05, 0) is 26.0 Å². The second-order valence-corrected chi connectivity index (χ2v) is 7.11. The predicted octanol–water partition coefficient (Wildman–Crippen LogP) is 2.77. The zero-order chi connectivity index (χ0) is 17.9. The molecule has 2 aromatic carbocycles. The molecular formula is C20H21NO4. The van der Waals surface area contributed by atoms with Crippen LogP contribution >= 0.6 is 0 Å². The van der Waals surface area contributed by atoms with Crippen LogP contribution < -0.4 is 14.9 Å². The Labute approximate surface area is 145 Å². The van der Waals surface area contributed by atoms with E-state index in [9.17, 15) is 9.90 Å². The Balaban J connectivity index is 2.21. The Bertz CT molecular complexity index is 1060. The molecule has 1 aromatic heterocycles. The van der Waals surface area contributed by atoms with Crippen molar-refractivity contribution in [1.82, 2.24) is 4.57 Å². The summed E-state index contributed by atoms with van der Waals surface area (Å²) in [5.74, 6) is 1.15. The molecular weight excluding hydrogens is 318 g/mol. The lowest BCUT2D eigenvalue weighted by Gasteiger charge is -2.38. The molecule has 3 aromatic rings. The van der Waals surface area contributed by atoms with Crippen molar-refractivity contribution in [3.05, 3.63) is 46.1 Å². The minimum Gasteiger partial charge on any atom is -0.496 e. The summed E-state index contributed by atoms with van der Waals surface area (Å²) in [6.07, 6.45) is -0.229. The van der Waals surface area contributed by atoms with Crippen LogP contribution in [0.1, 0.15) is 19.4 Å². The number of methoxy groups -OCH3 is 1. The maximum atomic E-state index is 13.1. The fraction of sp³-hybridized carbons (Fsp3) is 0.350. The van der Waals surface area contributed by atoms with Crippen molar-refractivity contribution in [3.63, 3.8) is 0 Å². The van der Waals surface area contributed by atoms with E-state index in [2.05, 4.69) is 0 Å². The van der Waals surface area contributed by atoms with Crippen LogP contribution in [-0.2, 0) is 13.5 Å². The molecule has 0 radical (unpaired) electrons. The van der Waals surface area contributed by atoms with Gasteiger partial charge in [-0.2, -0.15) is 0 Å². The molecule has 1 aliphatic heterocycles. The zero-order valence-corrected chi connectivity index (χ0v) is 14.8. The van der Waals surface area contributed by atoms with Crippen LogP contribution in [0.25, 0.3) is 21.8 Å². The normalized spacial score (nSPS) is 18.8. The fourth-order valence-corrected chi connectivity index (χ4v) is 3.71. The summed E-state index contributed by atoms with van der Waals surface area (Å²) in [6.45, 7) is 3.72. The number of rotatable bonds is 1. The van der Waals surface area contributed by atoms with E-state index >= 15 is 0 Å². The number of aliphatic hydroxyl groups excluding tert-OH is 1. The molecule has 5 nitrogen and oxygen atoms in total. The number of nitrogens with zero attached hydrogens (tertiary/aromatic N) is 1. The van der Waals surface area contributed by atoms with E-state index in [1.807, 2.05) is 49.7 Å². The molecule has 4 rings (SSSR count). The number of para-hydroxylation sites is 1.